The third-order valence-corrected chi connectivity index (χ3v) is 4.51. The maximum Gasteiger partial charge on any atom is 0.317 e. The van der Waals surface area contributed by atoms with Gasteiger partial charge in [0, 0.05) is 13.1 Å². The number of benzene rings is 1. The van der Waals surface area contributed by atoms with E-state index in [1.165, 1.54) is 0 Å². The third kappa shape index (κ3) is 5.66. The molecule has 1 aliphatic rings. The van der Waals surface area contributed by atoms with Gasteiger partial charge in [0.05, 0.1) is 18.6 Å². The lowest BCUT2D eigenvalue weighted by molar-refractivity contribution is -0.141. The van der Waals surface area contributed by atoms with Crippen LogP contribution in [-0.4, -0.2) is 41.7 Å². The van der Waals surface area contributed by atoms with Gasteiger partial charge in [-0.05, 0) is 43.4 Å². The zero-order chi connectivity index (χ0) is 18.4. The van der Waals surface area contributed by atoms with Gasteiger partial charge >= 0.3 is 12.0 Å². The summed E-state index contributed by atoms with van der Waals surface area (Å²) in [6.07, 6.45) is 1.53. The maximum atomic E-state index is 12.3. The van der Waals surface area contributed by atoms with Crippen LogP contribution in [-0.2, 0) is 4.79 Å². The van der Waals surface area contributed by atoms with E-state index in [9.17, 15) is 9.59 Å². The van der Waals surface area contributed by atoms with E-state index in [-0.39, 0.29) is 18.6 Å². The molecule has 1 aliphatic heterocycles. The average Bonchev–Trinajstić information content (AvgIpc) is 3.05. The van der Waals surface area contributed by atoms with Crippen molar-refractivity contribution in [3.63, 3.8) is 0 Å². The lowest BCUT2D eigenvalue weighted by Gasteiger charge is -2.21. The number of carbonyl (C=O) groups is 2. The zero-order valence-electron chi connectivity index (χ0n) is 15.2. The van der Waals surface area contributed by atoms with Crippen molar-refractivity contribution in [2.75, 3.05) is 19.7 Å². The second-order valence-corrected chi connectivity index (χ2v) is 7.04. The molecule has 0 spiro atoms. The molecule has 1 heterocycles. The molecule has 1 aromatic rings. The molecule has 1 aromatic carbocycles. The second-order valence-electron chi connectivity index (χ2n) is 7.04. The summed E-state index contributed by atoms with van der Waals surface area (Å²) in [6.45, 7) is 7.70. The Bertz CT molecular complexity index is 586. The highest BCUT2D eigenvalue weighted by molar-refractivity contribution is 5.77. The van der Waals surface area contributed by atoms with E-state index in [4.69, 9.17) is 9.84 Å². The summed E-state index contributed by atoms with van der Waals surface area (Å²) in [5.74, 6) is 0.146. The Balaban J connectivity index is 1.83. The van der Waals surface area contributed by atoms with Gasteiger partial charge in [-0.1, -0.05) is 26.0 Å². The first-order valence-electron chi connectivity index (χ1n) is 8.87. The molecule has 0 aromatic heterocycles. The van der Waals surface area contributed by atoms with E-state index in [1.54, 1.807) is 4.90 Å². The lowest BCUT2D eigenvalue weighted by Crippen LogP contribution is -2.40. The SMILES string of the molecule is CC(C)CCOc1ccc(C(C)NC(=O)N2CCC(C(=O)O)C2)cc1. The Morgan fingerprint density at radius 3 is 2.52 bits per heavy atom. The summed E-state index contributed by atoms with van der Waals surface area (Å²) in [5.41, 5.74) is 0.985. The van der Waals surface area contributed by atoms with Crippen LogP contribution in [0.15, 0.2) is 24.3 Å². The van der Waals surface area contributed by atoms with E-state index in [0.29, 0.717) is 25.5 Å². The number of hydrogen-bond acceptors (Lipinski definition) is 3. The molecule has 138 valence electrons. The van der Waals surface area contributed by atoms with Crippen LogP contribution in [0.2, 0.25) is 0 Å². The van der Waals surface area contributed by atoms with Crippen molar-refractivity contribution >= 4 is 12.0 Å². The standard InChI is InChI=1S/C19H28N2O4/c1-13(2)9-11-25-17-6-4-15(5-7-17)14(3)20-19(24)21-10-8-16(12-21)18(22)23/h4-7,13-14,16H,8-12H2,1-3H3,(H,20,24)(H,22,23). The molecule has 2 N–H and O–H groups in total. The van der Waals surface area contributed by atoms with Gasteiger partial charge in [-0.15, -0.1) is 0 Å². The molecule has 0 radical (unpaired) electrons. The van der Waals surface area contributed by atoms with E-state index < -0.39 is 11.9 Å². The van der Waals surface area contributed by atoms with Crippen molar-refractivity contribution in [1.82, 2.24) is 10.2 Å². The maximum absolute atomic E-state index is 12.3. The minimum absolute atomic E-state index is 0.152. The highest BCUT2D eigenvalue weighted by Crippen LogP contribution is 2.20. The number of hydrogen-bond donors (Lipinski definition) is 2. The van der Waals surface area contributed by atoms with Gasteiger partial charge in [-0.25, -0.2) is 4.79 Å². The fourth-order valence-electron chi connectivity index (χ4n) is 2.77. The van der Waals surface area contributed by atoms with Crippen LogP contribution in [0.25, 0.3) is 0 Å². The minimum Gasteiger partial charge on any atom is -0.494 e. The Kier molecular flexibility index (Phi) is 6.67. The highest BCUT2D eigenvalue weighted by Gasteiger charge is 2.31. The Morgan fingerprint density at radius 1 is 1.28 bits per heavy atom. The summed E-state index contributed by atoms with van der Waals surface area (Å²) < 4.78 is 5.70. The summed E-state index contributed by atoms with van der Waals surface area (Å²) >= 11 is 0. The number of urea groups is 1. The van der Waals surface area contributed by atoms with Gasteiger partial charge in [0.25, 0.3) is 0 Å². The first-order valence-corrected chi connectivity index (χ1v) is 8.87. The molecule has 6 nitrogen and oxygen atoms in total. The van der Waals surface area contributed by atoms with Gasteiger partial charge < -0.3 is 20.1 Å². The summed E-state index contributed by atoms with van der Waals surface area (Å²) in [4.78, 5) is 24.8. The Labute approximate surface area is 149 Å². The smallest absolute Gasteiger partial charge is 0.317 e. The first kappa shape index (κ1) is 19.1. The number of carbonyl (C=O) groups excluding carboxylic acids is 1. The fourth-order valence-corrected chi connectivity index (χ4v) is 2.77. The molecule has 1 fully saturated rings. The highest BCUT2D eigenvalue weighted by atomic mass is 16.5. The largest absolute Gasteiger partial charge is 0.494 e. The van der Waals surface area contributed by atoms with Crippen LogP contribution in [0.4, 0.5) is 4.79 Å². The number of ether oxygens (including phenoxy) is 1. The zero-order valence-corrected chi connectivity index (χ0v) is 15.2. The molecule has 2 amide bonds. The predicted octanol–water partition coefficient (Wildman–Crippen LogP) is 3.29. The number of rotatable bonds is 7. The molecule has 0 saturated carbocycles. The number of carboxylic acid groups (broad SMARTS) is 1. The number of carboxylic acids is 1. The second kappa shape index (κ2) is 8.74. The number of aliphatic carboxylic acids is 1. The molecular formula is C19H28N2O4. The number of nitrogens with one attached hydrogen (secondary N) is 1. The predicted molar refractivity (Wildman–Crippen MR) is 95.7 cm³/mol. The summed E-state index contributed by atoms with van der Waals surface area (Å²) in [5, 5.41) is 11.9. The Hall–Kier alpha value is -2.24. The van der Waals surface area contributed by atoms with Crippen molar-refractivity contribution in [2.24, 2.45) is 11.8 Å². The average molecular weight is 348 g/mol. The molecule has 1 saturated heterocycles. The first-order chi connectivity index (χ1) is 11.9. The van der Waals surface area contributed by atoms with Crippen LogP contribution >= 0.6 is 0 Å². The molecule has 2 rings (SSSR count). The van der Waals surface area contributed by atoms with Gasteiger partial charge in [-0.3, -0.25) is 4.79 Å². The van der Waals surface area contributed by atoms with Crippen molar-refractivity contribution in [3.8, 4) is 5.75 Å². The summed E-state index contributed by atoms with van der Waals surface area (Å²) in [6, 6.07) is 7.34. The van der Waals surface area contributed by atoms with Crippen LogP contribution in [0.5, 0.6) is 5.75 Å². The third-order valence-electron chi connectivity index (χ3n) is 4.51. The minimum atomic E-state index is -0.837. The van der Waals surface area contributed by atoms with E-state index in [1.807, 2.05) is 31.2 Å². The van der Waals surface area contributed by atoms with Gasteiger partial charge in [0.1, 0.15) is 5.75 Å². The van der Waals surface area contributed by atoms with Gasteiger partial charge in [0.15, 0.2) is 0 Å². The molecule has 6 heteroatoms. The normalized spacial score (nSPS) is 18.2. The molecule has 0 aliphatic carbocycles. The molecule has 0 bridgehead atoms. The molecule has 2 atom stereocenters. The van der Waals surface area contributed by atoms with Crippen LogP contribution in [0.1, 0.15) is 45.2 Å². The van der Waals surface area contributed by atoms with Gasteiger partial charge in [0.2, 0.25) is 0 Å². The lowest BCUT2D eigenvalue weighted by atomic mass is 10.1. The van der Waals surface area contributed by atoms with E-state index in [0.717, 1.165) is 17.7 Å². The quantitative estimate of drug-likeness (QED) is 0.792. The van der Waals surface area contributed by atoms with Crippen molar-refractivity contribution in [1.29, 1.82) is 0 Å². The topological polar surface area (TPSA) is 78.9 Å². The van der Waals surface area contributed by atoms with Crippen LogP contribution < -0.4 is 10.1 Å². The fraction of sp³-hybridized carbons (Fsp3) is 0.579. The van der Waals surface area contributed by atoms with Crippen LogP contribution in [0, 0.1) is 11.8 Å². The van der Waals surface area contributed by atoms with Crippen molar-refractivity contribution in [2.45, 2.75) is 39.7 Å². The van der Waals surface area contributed by atoms with E-state index >= 15 is 0 Å². The monoisotopic (exact) mass is 348 g/mol. The van der Waals surface area contributed by atoms with E-state index in [2.05, 4.69) is 19.2 Å². The Morgan fingerprint density at radius 2 is 1.96 bits per heavy atom. The number of nitrogens with zero attached hydrogens (tertiary/aromatic N) is 1. The molecule has 25 heavy (non-hydrogen) atoms. The number of likely N-dealkylation sites (tertiary alicyclic amines) is 1. The van der Waals surface area contributed by atoms with Crippen LogP contribution in [0.3, 0.4) is 0 Å². The van der Waals surface area contributed by atoms with Crippen molar-refractivity contribution in [3.05, 3.63) is 29.8 Å². The van der Waals surface area contributed by atoms with Gasteiger partial charge in [-0.2, -0.15) is 0 Å². The molecular weight excluding hydrogens is 320 g/mol. The van der Waals surface area contributed by atoms with Crippen molar-refractivity contribution < 1.29 is 19.4 Å². The summed E-state index contributed by atoms with van der Waals surface area (Å²) in [7, 11) is 0. The number of amides is 2. The molecule has 2 unspecified atom stereocenters.